The molecular weight excluding hydrogens is 186 g/mol. The van der Waals surface area contributed by atoms with E-state index in [0.717, 1.165) is 0 Å². The summed E-state index contributed by atoms with van der Waals surface area (Å²) in [6, 6.07) is 0. The second kappa shape index (κ2) is 4.52. The van der Waals surface area contributed by atoms with Gasteiger partial charge in [-0.05, 0) is 0 Å². The van der Waals surface area contributed by atoms with Crippen molar-refractivity contribution >= 4 is 11.9 Å². The summed E-state index contributed by atoms with van der Waals surface area (Å²) < 4.78 is 0. The maximum Gasteiger partial charge on any atom is 0.338 e. The zero-order valence-electron chi connectivity index (χ0n) is 7.71. The van der Waals surface area contributed by atoms with Gasteiger partial charge in [0, 0.05) is 26.0 Å². The lowest BCUT2D eigenvalue weighted by Crippen LogP contribution is -2.23. The molecule has 0 unspecified atom stereocenters. The van der Waals surface area contributed by atoms with Crippen molar-refractivity contribution < 1.29 is 15.0 Å². The van der Waals surface area contributed by atoms with Gasteiger partial charge in [0.25, 0.3) is 0 Å². The van der Waals surface area contributed by atoms with E-state index in [0.29, 0.717) is 12.5 Å². The second-order valence-corrected chi connectivity index (χ2v) is 2.72. The molecule has 0 spiro atoms. The van der Waals surface area contributed by atoms with Crippen molar-refractivity contribution in [3.05, 3.63) is 18.0 Å². The standard InChI is InChI=1S/C8H11N3O3/c1-11(2-3-12)8-9-4-6(5-10-8)7(13)14/h4-5,12H,2-3H2,1H3,(H,13,14). The molecule has 1 aromatic heterocycles. The molecule has 2 N–H and O–H groups in total. The highest BCUT2D eigenvalue weighted by Crippen LogP contribution is 2.04. The first-order valence-electron chi connectivity index (χ1n) is 4.02. The van der Waals surface area contributed by atoms with Gasteiger partial charge in [0.1, 0.15) is 0 Å². The molecule has 14 heavy (non-hydrogen) atoms. The van der Waals surface area contributed by atoms with Crippen LogP contribution < -0.4 is 4.90 Å². The second-order valence-electron chi connectivity index (χ2n) is 2.72. The van der Waals surface area contributed by atoms with E-state index in [1.54, 1.807) is 11.9 Å². The number of carboxylic acids is 1. The van der Waals surface area contributed by atoms with Crippen LogP contribution in [0.4, 0.5) is 5.95 Å². The van der Waals surface area contributed by atoms with Gasteiger partial charge in [-0.15, -0.1) is 0 Å². The van der Waals surface area contributed by atoms with E-state index in [-0.39, 0.29) is 12.2 Å². The fourth-order valence-corrected chi connectivity index (χ4v) is 0.879. The van der Waals surface area contributed by atoms with E-state index in [9.17, 15) is 4.79 Å². The van der Waals surface area contributed by atoms with Crippen LogP contribution >= 0.6 is 0 Å². The Balaban J connectivity index is 2.77. The predicted octanol–water partition coefficient (Wildman–Crippen LogP) is -0.397. The average molecular weight is 197 g/mol. The third kappa shape index (κ3) is 2.40. The normalized spacial score (nSPS) is 9.86. The van der Waals surface area contributed by atoms with E-state index >= 15 is 0 Å². The summed E-state index contributed by atoms with van der Waals surface area (Å²) in [5.74, 6) is -0.662. The van der Waals surface area contributed by atoms with E-state index < -0.39 is 5.97 Å². The summed E-state index contributed by atoms with van der Waals surface area (Å²) in [6.07, 6.45) is 2.47. The topological polar surface area (TPSA) is 86.5 Å². The fourth-order valence-electron chi connectivity index (χ4n) is 0.879. The van der Waals surface area contributed by atoms with Crippen molar-refractivity contribution in [2.24, 2.45) is 0 Å². The molecule has 1 aromatic rings. The highest BCUT2D eigenvalue weighted by molar-refractivity contribution is 5.86. The van der Waals surface area contributed by atoms with Gasteiger partial charge in [0.15, 0.2) is 0 Å². The molecule has 1 heterocycles. The highest BCUT2D eigenvalue weighted by atomic mass is 16.4. The number of nitrogens with zero attached hydrogens (tertiary/aromatic N) is 3. The maximum absolute atomic E-state index is 10.5. The van der Waals surface area contributed by atoms with Crippen molar-refractivity contribution in [3.63, 3.8) is 0 Å². The number of carbonyl (C=O) groups is 1. The molecule has 1 rings (SSSR count). The zero-order valence-corrected chi connectivity index (χ0v) is 7.71. The first-order chi connectivity index (χ1) is 6.65. The lowest BCUT2D eigenvalue weighted by atomic mass is 10.3. The molecule has 0 amide bonds. The number of hydrogen-bond acceptors (Lipinski definition) is 5. The summed E-state index contributed by atoms with van der Waals surface area (Å²) in [7, 11) is 1.71. The summed E-state index contributed by atoms with van der Waals surface area (Å²) in [5.41, 5.74) is 0.0474. The highest BCUT2D eigenvalue weighted by Gasteiger charge is 2.06. The Bertz CT molecular complexity index is 312. The quantitative estimate of drug-likeness (QED) is 0.683. The third-order valence-electron chi connectivity index (χ3n) is 1.66. The van der Waals surface area contributed by atoms with Gasteiger partial charge >= 0.3 is 5.97 Å². The number of likely N-dealkylation sites (N-methyl/N-ethyl adjacent to an activating group) is 1. The maximum atomic E-state index is 10.5. The monoisotopic (exact) mass is 197 g/mol. The number of hydrogen-bond donors (Lipinski definition) is 2. The van der Waals surface area contributed by atoms with Crippen LogP contribution in [-0.4, -0.2) is 46.3 Å². The van der Waals surface area contributed by atoms with Gasteiger partial charge in [0.05, 0.1) is 12.2 Å². The first kappa shape index (κ1) is 10.4. The van der Waals surface area contributed by atoms with Crippen molar-refractivity contribution in [2.75, 3.05) is 25.1 Å². The molecule has 0 saturated heterocycles. The molecule has 0 fully saturated rings. The molecule has 0 bridgehead atoms. The lowest BCUT2D eigenvalue weighted by molar-refractivity contribution is 0.0696. The predicted molar refractivity (Wildman–Crippen MR) is 49.3 cm³/mol. The minimum Gasteiger partial charge on any atom is -0.478 e. The molecule has 0 aliphatic carbocycles. The Kier molecular flexibility index (Phi) is 3.35. The van der Waals surface area contributed by atoms with Gasteiger partial charge in [-0.3, -0.25) is 0 Å². The van der Waals surface area contributed by atoms with Crippen molar-refractivity contribution in [2.45, 2.75) is 0 Å². The summed E-state index contributed by atoms with van der Waals surface area (Å²) in [6.45, 7) is 0.410. The largest absolute Gasteiger partial charge is 0.478 e. The molecule has 0 saturated carbocycles. The van der Waals surface area contributed by atoms with Crippen LogP contribution in [0.3, 0.4) is 0 Å². The molecular formula is C8H11N3O3. The Labute approximate surface area is 80.8 Å². The van der Waals surface area contributed by atoms with Crippen LogP contribution in [0.25, 0.3) is 0 Å². The molecule has 6 heteroatoms. The van der Waals surface area contributed by atoms with Crippen LogP contribution in [0.15, 0.2) is 12.4 Å². The van der Waals surface area contributed by atoms with Crippen molar-refractivity contribution in [1.82, 2.24) is 9.97 Å². The van der Waals surface area contributed by atoms with Crippen molar-refractivity contribution in [1.29, 1.82) is 0 Å². The number of rotatable bonds is 4. The van der Waals surface area contributed by atoms with Gasteiger partial charge in [-0.2, -0.15) is 0 Å². The number of aliphatic hydroxyl groups is 1. The van der Waals surface area contributed by atoms with Crippen LogP contribution in [-0.2, 0) is 0 Å². The van der Waals surface area contributed by atoms with Crippen LogP contribution in [0.2, 0.25) is 0 Å². The van der Waals surface area contributed by atoms with Crippen LogP contribution in [0, 0.1) is 0 Å². The average Bonchev–Trinajstić information content (AvgIpc) is 2.18. The van der Waals surface area contributed by atoms with E-state index in [1.165, 1.54) is 12.4 Å². The number of aliphatic hydroxyl groups excluding tert-OH is 1. The minimum absolute atomic E-state index is 0.000538. The Morgan fingerprint density at radius 3 is 2.50 bits per heavy atom. The minimum atomic E-state index is -1.05. The number of carboxylic acid groups (broad SMARTS) is 1. The SMILES string of the molecule is CN(CCO)c1ncc(C(=O)O)cn1. The van der Waals surface area contributed by atoms with E-state index in [2.05, 4.69) is 9.97 Å². The molecule has 76 valence electrons. The zero-order chi connectivity index (χ0) is 10.6. The van der Waals surface area contributed by atoms with Gasteiger partial charge in [0.2, 0.25) is 5.95 Å². The Morgan fingerprint density at radius 1 is 1.50 bits per heavy atom. The van der Waals surface area contributed by atoms with Crippen LogP contribution in [0.5, 0.6) is 0 Å². The van der Waals surface area contributed by atoms with Crippen LogP contribution in [0.1, 0.15) is 10.4 Å². The Morgan fingerprint density at radius 2 is 2.07 bits per heavy atom. The Hall–Kier alpha value is -1.69. The number of aromatic carboxylic acids is 1. The van der Waals surface area contributed by atoms with E-state index in [1.807, 2.05) is 0 Å². The number of aromatic nitrogens is 2. The smallest absolute Gasteiger partial charge is 0.338 e. The molecule has 6 nitrogen and oxygen atoms in total. The summed E-state index contributed by atoms with van der Waals surface area (Å²) in [5, 5.41) is 17.2. The lowest BCUT2D eigenvalue weighted by Gasteiger charge is -2.14. The molecule has 0 aliphatic heterocycles. The molecule has 0 radical (unpaired) electrons. The third-order valence-corrected chi connectivity index (χ3v) is 1.66. The molecule has 0 atom stereocenters. The van der Waals surface area contributed by atoms with Gasteiger partial charge < -0.3 is 15.1 Å². The first-order valence-corrected chi connectivity index (χ1v) is 4.02. The molecule has 0 aromatic carbocycles. The summed E-state index contributed by atoms with van der Waals surface area (Å²) >= 11 is 0. The van der Waals surface area contributed by atoms with Crippen molar-refractivity contribution in [3.8, 4) is 0 Å². The van der Waals surface area contributed by atoms with E-state index in [4.69, 9.17) is 10.2 Å². The molecule has 0 aliphatic rings. The number of anilines is 1. The summed E-state index contributed by atoms with van der Waals surface area (Å²) in [4.78, 5) is 19.8. The van der Waals surface area contributed by atoms with Gasteiger partial charge in [-0.1, -0.05) is 0 Å². The fraction of sp³-hybridized carbons (Fsp3) is 0.375. The van der Waals surface area contributed by atoms with Gasteiger partial charge in [-0.25, -0.2) is 14.8 Å².